The first-order chi connectivity index (χ1) is 13.2. The maximum absolute atomic E-state index is 12.5. The molecule has 6 nitrogen and oxygen atoms in total. The van der Waals surface area contributed by atoms with Crippen LogP contribution in [0.4, 0.5) is 9.59 Å². The first-order valence-corrected chi connectivity index (χ1v) is 10.2. The second-order valence-electron chi connectivity index (χ2n) is 11.5. The minimum atomic E-state index is -0.789. The van der Waals surface area contributed by atoms with Gasteiger partial charge in [-0.05, 0) is 64.5 Å². The van der Waals surface area contributed by atoms with Crippen molar-refractivity contribution in [3.8, 4) is 11.5 Å². The summed E-state index contributed by atoms with van der Waals surface area (Å²) in [5.74, 6) is 0.747. The van der Waals surface area contributed by atoms with E-state index in [4.69, 9.17) is 18.9 Å². The number of hydrogen-bond acceptors (Lipinski definition) is 6. The average Bonchev–Trinajstić information content (AvgIpc) is 2.41. The Morgan fingerprint density at radius 1 is 0.600 bits per heavy atom. The second-order valence-corrected chi connectivity index (χ2v) is 11.5. The molecule has 0 unspecified atom stereocenters. The third-order valence-electron chi connectivity index (χ3n) is 3.84. The quantitative estimate of drug-likeness (QED) is 0.381. The Labute approximate surface area is 181 Å². The molecule has 0 amide bonds. The molecule has 0 aliphatic heterocycles. The largest absolute Gasteiger partial charge is 0.514 e. The van der Waals surface area contributed by atoms with Crippen molar-refractivity contribution in [3.05, 3.63) is 23.3 Å². The Morgan fingerprint density at radius 2 is 0.933 bits per heavy atom. The normalized spacial score (nSPS) is 12.9. The molecule has 0 aliphatic carbocycles. The average molecular weight is 423 g/mol. The van der Waals surface area contributed by atoms with E-state index in [9.17, 15) is 9.59 Å². The van der Waals surface area contributed by atoms with E-state index >= 15 is 0 Å². The minimum Gasteiger partial charge on any atom is -0.428 e. The van der Waals surface area contributed by atoms with Crippen LogP contribution in [-0.2, 0) is 20.3 Å². The van der Waals surface area contributed by atoms with Gasteiger partial charge in [0.1, 0.15) is 22.7 Å². The van der Waals surface area contributed by atoms with Gasteiger partial charge in [0.25, 0.3) is 0 Å². The highest BCUT2D eigenvalue weighted by Crippen LogP contribution is 2.43. The summed E-state index contributed by atoms with van der Waals surface area (Å²) in [5.41, 5.74) is -0.703. The van der Waals surface area contributed by atoms with Crippen LogP contribution in [0.2, 0.25) is 0 Å². The monoisotopic (exact) mass is 422 g/mol. The maximum Gasteiger partial charge on any atom is 0.514 e. The van der Waals surface area contributed by atoms with Gasteiger partial charge in [-0.2, -0.15) is 0 Å². The van der Waals surface area contributed by atoms with Crippen LogP contribution in [0.3, 0.4) is 0 Å². The van der Waals surface area contributed by atoms with E-state index < -0.39 is 34.3 Å². The van der Waals surface area contributed by atoms with Gasteiger partial charge in [0.15, 0.2) is 0 Å². The molecule has 1 aromatic carbocycles. The lowest BCUT2D eigenvalue weighted by Crippen LogP contribution is -2.29. The topological polar surface area (TPSA) is 71.1 Å². The predicted molar refractivity (Wildman–Crippen MR) is 118 cm³/mol. The number of carbonyl (C=O) groups excluding carboxylic acids is 2. The standard InChI is InChI=1S/C24H38O6/c1-21(2,3)16-13-15(27-19(25)29-23(7,8)9)14-17(22(4,5)6)18(16)28-20(26)30-24(10,11)12/h13-14H,1-12H3. The summed E-state index contributed by atoms with van der Waals surface area (Å²) in [6, 6.07) is 3.41. The second kappa shape index (κ2) is 8.48. The van der Waals surface area contributed by atoms with Gasteiger partial charge in [0, 0.05) is 11.1 Å². The van der Waals surface area contributed by atoms with Crippen molar-refractivity contribution in [2.24, 2.45) is 0 Å². The zero-order chi connectivity index (χ0) is 23.7. The molecular weight excluding hydrogens is 384 g/mol. The smallest absolute Gasteiger partial charge is 0.428 e. The van der Waals surface area contributed by atoms with Crippen molar-refractivity contribution in [1.29, 1.82) is 0 Å². The van der Waals surface area contributed by atoms with E-state index in [2.05, 4.69) is 0 Å². The van der Waals surface area contributed by atoms with Gasteiger partial charge in [-0.3, -0.25) is 0 Å². The highest BCUT2D eigenvalue weighted by molar-refractivity contribution is 5.69. The van der Waals surface area contributed by atoms with Crippen molar-refractivity contribution in [2.75, 3.05) is 0 Å². The third kappa shape index (κ3) is 8.25. The van der Waals surface area contributed by atoms with Crippen LogP contribution in [0.15, 0.2) is 12.1 Å². The van der Waals surface area contributed by atoms with Crippen LogP contribution < -0.4 is 9.47 Å². The van der Waals surface area contributed by atoms with E-state index in [1.54, 1.807) is 53.7 Å². The van der Waals surface area contributed by atoms with Crippen LogP contribution in [0.25, 0.3) is 0 Å². The Balaban J connectivity index is 3.52. The molecule has 0 bridgehead atoms. The zero-order valence-electron chi connectivity index (χ0n) is 20.6. The Hall–Kier alpha value is -2.24. The summed E-state index contributed by atoms with van der Waals surface area (Å²) < 4.78 is 21.8. The number of rotatable bonds is 2. The third-order valence-corrected chi connectivity index (χ3v) is 3.84. The van der Waals surface area contributed by atoms with E-state index in [1.165, 1.54) is 0 Å². The molecule has 1 rings (SSSR count). The molecular formula is C24H38O6. The SMILES string of the molecule is CC(C)(C)OC(=O)Oc1cc(C(C)(C)C)c(OC(=O)OC(C)(C)C)c(C(C)(C)C)c1. The predicted octanol–water partition coefficient (Wildman–Crippen LogP) is 6.91. The summed E-state index contributed by atoms with van der Waals surface area (Å²) in [7, 11) is 0. The van der Waals surface area contributed by atoms with E-state index in [-0.39, 0.29) is 0 Å². The molecule has 30 heavy (non-hydrogen) atoms. The fourth-order valence-electron chi connectivity index (χ4n) is 2.61. The lowest BCUT2D eigenvalue weighted by Gasteiger charge is -2.30. The summed E-state index contributed by atoms with van der Waals surface area (Å²) in [4.78, 5) is 24.7. The molecule has 0 saturated carbocycles. The van der Waals surface area contributed by atoms with Gasteiger partial charge in [-0.25, -0.2) is 9.59 Å². The van der Waals surface area contributed by atoms with Gasteiger partial charge in [-0.1, -0.05) is 41.5 Å². The molecule has 0 aromatic heterocycles. The number of benzene rings is 1. The van der Waals surface area contributed by atoms with Crippen molar-refractivity contribution >= 4 is 12.3 Å². The van der Waals surface area contributed by atoms with Crippen LogP contribution in [0, 0.1) is 0 Å². The summed E-state index contributed by atoms with van der Waals surface area (Å²) in [5, 5.41) is 0. The zero-order valence-corrected chi connectivity index (χ0v) is 20.6. The van der Waals surface area contributed by atoms with Gasteiger partial charge in [0.2, 0.25) is 0 Å². The Morgan fingerprint density at radius 3 is 1.23 bits per heavy atom. The number of ether oxygens (including phenoxy) is 4. The maximum atomic E-state index is 12.5. The first kappa shape index (κ1) is 25.8. The molecule has 6 heteroatoms. The van der Waals surface area contributed by atoms with Gasteiger partial charge >= 0.3 is 12.3 Å². The molecule has 0 radical (unpaired) electrons. The molecule has 0 saturated heterocycles. The summed E-state index contributed by atoms with van der Waals surface area (Å²) in [6.45, 7) is 22.6. The highest BCUT2D eigenvalue weighted by atomic mass is 16.7. The van der Waals surface area contributed by atoms with E-state index in [0.29, 0.717) is 11.5 Å². The van der Waals surface area contributed by atoms with Crippen molar-refractivity contribution in [1.82, 2.24) is 0 Å². The van der Waals surface area contributed by atoms with Gasteiger partial charge in [-0.15, -0.1) is 0 Å². The van der Waals surface area contributed by atoms with Crippen LogP contribution in [0.1, 0.15) is 94.2 Å². The summed E-state index contributed by atoms with van der Waals surface area (Å²) in [6.07, 6.45) is -1.57. The van der Waals surface area contributed by atoms with E-state index in [1.807, 2.05) is 41.5 Å². The van der Waals surface area contributed by atoms with Crippen LogP contribution in [-0.4, -0.2) is 23.5 Å². The molecule has 1 aromatic rings. The molecule has 0 heterocycles. The summed E-state index contributed by atoms with van der Waals surface area (Å²) >= 11 is 0. The van der Waals surface area contributed by atoms with Crippen molar-refractivity contribution < 1.29 is 28.5 Å². The van der Waals surface area contributed by atoms with Gasteiger partial charge < -0.3 is 18.9 Å². The first-order valence-electron chi connectivity index (χ1n) is 10.2. The fourth-order valence-corrected chi connectivity index (χ4v) is 2.61. The molecule has 0 spiro atoms. The molecule has 0 fully saturated rings. The molecule has 0 aliphatic rings. The fraction of sp³-hybridized carbons (Fsp3) is 0.667. The van der Waals surface area contributed by atoms with Crippen LogP contribution >= 0.6 is 0 Å². The minimum absolute atomic E-state index is 0.329. The highest BCUT2D eigenvalue weighted by Gasteiger charge is 2.31. The van der Waals surface area contributed by atoms with Crippen molar-refractivity contribution in [2.45, 2.75) is 105 Å². The van der Waals surface area contributed by atoms with Crippen molar-refractivity contribution in [3.63, 3.8) is 0 Å². The van der Waals surface area contributed by atoms with E-state index in [0.717, 1.165) is 11.1 Å². The Bertz CT molecular complexity index is 745. The number of carbonyl (C=O) groups is 2. The molecule has 0 N–H and O–H groups in total. The van der Waals surface area contributed by atoms with Gasteiger partial charge in [0.05, 0.1) is 0 Å². The number of hydrogen-bond donors (Lipinski definition) is 0. The lowest BCUT2D eigenvalue weighted by atomic mass is 9.79. The molecule has 170 valence electrons. The molecule has 0 atom stereocenters. The lowest BCUT2D eigenvalue weighted by molar-refractivity contribution is 0.0179. The van der Waals surface area contributed by atoms with Crippen LogP contribution in [0.5, 0.6) is 11.5 Å². The Kier molecular flexibility index (Phi) is 7.29.